The highest BCUT2D eigenvalue weighted by atomic mass is 32.2. The molecule has 1 aromatic rings. The van der Waals surface area contributed by atoms with Crippen LogP contribution in [0.25, 0.3) is 0 Å². The number of aliphatic hydroxyl groups excluding tert-OH is 1. The minimum atomic E-state index is -0.281. The summed E-state index contributed by atoms with van der Waals surface area (Å²) < 4.78 is 4.81. The molecule has 0 unspecified atom stereocenters. The Morgan fingerprint density at radius 1 is 1.75 bits per heavy atom. The molecule has 1 rings (SSSR count). The molecule has 1 amide bonds. The van der Waals surface area contributed by atoms with Gasteiger partial charge in [-0.1, -0.05) is 5.16 Å². The Labute approximate surface area is 98.6 Å². The van der Waals surface area contributed by atoms with Crippen molar-refractivity contribution in [3.05, 3.63) is 17.5 Å². The molecule has 0 radical (unpaired) electrons. The van der Waals surface area contributed by atoms with E-state index in [1.54, 1.807) is 13.0 Å². The normalized spacial score (nSPS) is 14.5. The summed E-state index contributed by atoms with van der Waals surface area (Å²) in [5.74, 6) is 0.318. The first-order valence-corrected chi connectivity index (χ1v) is 6.25. The fourth-order valence-electron chi connectivity index (χ4n) is 1.28. The Balaban J connectivity index is 2.57. The van der Waals surface area contributed by atoms with Crippen molar-refractivity contribution in [1.82, 2.24) is 10.5 Å². The van der Waals surface area contributed by atoms with Crippen LogP contribution in [0.1, 0.15) is 23.2 Å². The molecule has 1 heterocycles. The standard InChI is InChI=1S/C10H16N2O3S/c1-6-4-8(12-15-6)10(14)11-7(2)9(5-13)16-3/h4,7,9,13H,5H2,1-3H3,(H,11,14)/t7-,9+/m0/s1. The van der Waals surface area contributed by atoms with Crippen molar-refractivity contribution < 1.29 is 14.4 Å². The molecule has 16 heavy (non-hydrogen) atoms. The number of aryl methyl sites for hydroxylation is 1. The lowest BCUT2D eigenvalue weighted by atomic mass is 10.2. The predicted molar refractivity (Wildman–Crippen MR) is 62.6 cm³/mol. The molecule has 2 N–H and O–H groups in total. The average molecular weight is 244 g/mol. The molecule has 2 atom stereocenters. The molecule has 0 saturated carbocycles. The van der Waals surface area contributed by atoms with Crippen LogP contribution in [-0.4, -0.2) is 40.3 Å². The molecule has 1 aromatic heterocycles. The van der Waals surface area contributed by atoms with Crippen LogP contribution in [0.5, 0.6) is 0 Å². The lowest BCUT2D eigenvalue weighted by Gasteiger charge is -2.20. The highest BCUT2D eigenvalue weighted by Crippen LogP contribution is 2.11. The lowest BCUT2D eigenvalue weighted by Crippen LogP contribution is -2.41. The number of nitrogens with one attached hydrogen (secondary N) is 1. The third-order valence-electron chi connectivity index (χ3n) is 2.26. The summed E-state index contributed by atoms with van der Waals surface area (Å²) in [6.45, 7) is 3.61. The van der Waals surface area contributed by atoms with Crippen molar-refractivity contribution >= 4 is 17.7 Å². The van der Waals surface area contributed by atoms with Gasteiger partial charge >= 0.3 is 0 Å². The van der Waals surface area contributed by atoms with Gasteiger partial charge in [0.2, 0.25) is 0 Å². The molecule has 0 aliphatic heterocycles. The fraction of sp³-hybridized carbons (Fsp3) is 0.600. The van der Waals surface area contributed by atoms with Gasteiger partial charge in [0, 0.05) is 17.4 Å². The van der Waals surface area contributed by atoms with E-state index in [2.05, 4.69) is 10.5 Å². The molecule has 0 saturated heterocycles. The predicted octanol–water partition coefficient (Wildman–Crippen LogP) is 0.825. The number of hydrogen-bond acceptors (Lipinski definition) is 5. The third-order valence-corrected chi connectivity index (χ3v) is 3.42. The minimum Gasteiger partial charge on any atom is -0.395 e. The van der Waals surface area contributed by atoms with Gasteiger partial charge < -0.3 is 14.9 Å². The topological polar surface area (TPSA) is 75.4 Å². The van der Waals surface area contributed by atoms with E-state index in [1.165, 1.54) is 11.8 Å². The van der Waals surface area contributed by atoms with Crippen molar-refractivity contribution in [3.8, 4) is 0 Å². The molecule has 0 bridgehead atoms. The van der Waals surface area contributed by atoms with Crippen LogP contribution in [0, 0.1) is 6.92 Å². The number of rotatable bonds is 5. The first kappa shape index (κ1) is 13.1. The maximum absolute atomic E-state index is 11.7. The van der Waals surface area contributed by atoms with Crippen LogP contribution in [0.3, 0.4) is 0 Å². The van der Waals surface area contributed by atoms with Gasteiger partial charge in [-0.3, -0.25) is 4.79 Å². The van der Waals surface area contributed by atoms with Crippen LogP contribution in [0.4, 0.5) is 0 Å². The molecular weight excluding hydrogens is 228 g/mol. The van der Waals surface area contributed by atoms with E-state index < -0.39 is 0 Å². The fourth-order valence-corrected chi connectivity index (χ4v) is 1.91. The number of nitrogens with zero attached hydrogens (tertiary/aromatic N) is 1. The van der Waals surface area contributed by atoms with Gasteiger partial charge in [0.05, 0.1) is 6.61 Å². The average Bonchev–Trinajstić information content (AvgIpc) is 2.66. The Bertz CT molecular complexity index is 350. The van der Waals surface area contributed by atoms with Gasteiger partial charge in [0.1, 0.15) is 5.76 Å². The first-order chi connectivity index (χ1) is 7.58. The second-order valence-corrected chi connectivity index (χ2v) is 4.62. The van der Waals surface area contributed by atoms with Gasteiger partial charge in [-0.15, -0.1) is 0 Å². The molecule has 0 aliphatic rings. The Morgan fingerprint density at radius 3 is 2.88 bits per heavy atom. The van der Waals surface area contributed by atoms with E-state index in [4.69, 9.17) is 9.63 Å². The molecule has 0 aliphatic carbocycles. The zero-order chi connectivity index (χ0) is 12.1. The summed E-state index contributed by atoms with van der Waals surface area (Å²) >= 11 is 1.51. The molecule has 0 spiro atoms. The van der Waals surface area contributed by atoms with Gasteiger partial charge in [-0.25, -0.2) is 0 Å². The third kappa shape index (κ3) is 3.24. The van der Waals surface area contributed by atoms with E-state index in [1.807, 2.05) is 13.2 Å². The number of aromatic nitrogens is 1. The zero-order valence-corrected chi connectivity index (χ0v) is 10.4. The SMILES string of the molecule is CS[C@H](CO)[C@H](C)NC(=O)c1cc(C)on1. The molecule has 5 nitrogen and oxygen atoms in total. The number of carbonyl (C=O) groups is 1. The quantitative estimate of drug-likeness (QED) is 0.802. The van der Waals surface area contributed by atoms with E-state index in [0.717, 1.165) is 0 Å². The smallest absolute Gasteiger partial charge is 0.273 e. The van der Waals surface area contributed by atoms with Crippen molar-refractivity contribution in [2.24, 2.45) is 0 Å². The van der Waals surface area contributed by atoms with Gasteiger partial charge in [-0.05, 0) is 20.1 Å². The van der Waals surface area contributed by atoms with E-state index in [-0.39, 0.29) is 29.5 Å². The number of amides is 1. The summed E-state index contributed by atoms with van der Waals surface area (Å²) in [5.41, 5.74) is 0.266. The van der Waals surface area contributed by atoms with Crippen molar-refractivity contribution in [2.45, 2.75) is 25.1 Å². The van der Waals surface area contributed by atoms with Crippen LogP contribution in [0.2, 0.25) is 0 Å². The molecular formula is C10H16N2O3S. The van der Waals surface area contributed by atoms with E-state index in [9.17, 15) is 4.79 Å². The second-order valence-electron chi connectivity index (χ2n) is 3.54. The summed E-state index contributed by atoms with van der Waals surface area (Å²) in [5, 5.41) is 15.5. The second kappa shape index (κ2) is 5.91. The summed E-state index contributed by atoms with van der Waals surface area (Å²) in [4.78, 5) is 11.7. The maximum Gasteiger partial charge on any atom is 0.273 e. The number of carbonyl (C=O) groups excluding carboxylic acids is 1. The van der Waals surface area contributed by atoms with Crippen LogP contribution >= 0.6 is 11.8 Å². The summed E-state index contributed by atoms with van der Waals surface area (Å²) in [7, 11) is 0. The lowest BCUT2D eigenvalue weighted by molar-refractivity contribution is 0.0927. The molecule has 6 heteroatoms. The van der Waals surface area contributed by atoms with Crippen LogP contribution in [-0.2, 0) is 0 Å². The van der Waals surface area contributed by atoms with Gasteiger partial charge in [0.15, 0.2) is 5.69 Å². The molecule has 0 fully saturated rings. The van der Waals surface area contributed by atoms with Crippen LogP contribution < -0.4 is 5.32 Å². The highest BCUT2D eigenvalue weighted by molar-refractivity contribution is 7.99. The van der Waals surface area contributed by atoms with Crippen molar-refractivity contribution in [1.29, 1.82) is 0 Å². The monoisotopic (exact) mass is 244 g/mol. The van der Waals surface area contributed by atoms with Gasteiger partial charge in [0.25, 0.3) is 5.91 Å². The Morgan fingerprint density at radius 2 is 2.44 bits per heavy atom. The highest BCUT2D eigenvalue weighted by Gasteiger charge is 2.19. The summed E-state index contributed by atoms with van der Waals surface area (Å²) in [6.07, 6.45) is 1.89. The zero-order valence-electron chi connectivity index (χ0n) is 9.56. The Hall–Kier alpha value is -1.01. The van der Waals surface area contributed by atoms with Crippen molar-refractivity contribution in [2.75, 3.05) is 12.9 Å². The largest absolute Gasteiger partial charge is 0.395 e. The minimum absolute atomic E-state index is 0.0167. The molecule has 90 valence electrons. The van der Waals surface area contributed by atoms with Gasteiger partial charge in [-0.2, -0.15) is 11.8 Å². The van der Waals surface area contributed by atoms with E-state index in [0.29, 0.717) is 5.76 Å². The first-order valence-electron chi connectivity index (χ1n) is 4.96. The molecule has 0 aromatic carbocycles. The van der Waals surface area contributed by atoms with E-state index >= 15 is 0 Å². The Kier molecular flexibility index (Phi) is 4.82. The van der Waals surface area contributed by atoms with Crippen LogP contribution in [0.15, 0.2) is 10.6 Å². The van der Waals surface area contributed by atoms with Crippen molar-refractivity contribution in [3.63, 3.8) is 0 Å². The number of aliphatic hydroxyl groups is 1. The number of hydrogen-bond donors (Lipinski definition) is 2. The summed E-state index contributed by atoms with van der Waals surface area (Å²) in [6, 6.07) is 1.46. The maximum atomic E-state index is 11.7. The number of thioether (sulfide) groups is 1.